The fraction of sp³-hybridized carbons (Fsp3) is 0.0909. The number of fused-ring (bicyclic) bond motifs is 8. The van der Waals surface area contributed by atoms with Crippen LogP contribution in [0.25, 0.3) is 90.9 Å². The minimum absolute atomic E-state index is 0.249. The fourth-order valence-corrected chi connectivity index (χ4v) is 7.40. The average molecular weight is 751 g/mol. The van der Waals surface area contributed by atoms with Crippen molar-refractivity contribution in [1.82, 2.24) is 19.9 Å². The Bertz CT molecular complexity index is 2880. The molecule has 0 radical (unpaired) electrons. The number of aryl methyl sites for hydroxylation is 4. The van der Waals surface area contributed by atoms with Crippen LogP contribution in [0.15, 0.2) is 98.1 Å². The maximum atomic E-state index is 16.0. The van der Waals surface area contributed by atoms with Crippen molar-refractivity contribution in [1.29, 1.82) is 0 Å². The second-order valence-corrected chi connectivity index (χ2v) is 14.0. The molecule has 0 unspecified atom stereocenters. The van der Waals surface area contributed by atoms with Crippen LogP contribution < -0.4 is 18.3 Å². The molecule has 2 aliphatic heterocycles. The summed E-state index contributed by atoms with van der Waals surface area (Å²) in [5, 5.41) is 0. The predicted octanol–water partition coefficient (Wildman–Crippen LogP) is 7.18. The third kappa shape index (κ3) is 5.95. The number of H-pyrrole nitrogens is 2. The van der Waals surface area contributed by atoms with E-state index in [1.54, 1.807) is 132 Å². The van der Waals surface area contributed by atoms with E-state index < -0.39 is 23.3 Å². The van der Waals surface area contributed by atoms with E-state index in [1.165, 1.54) is 24.8 Å². The van der Waals surface area contributed by atoms with Crippen molar-refractivity contribution in [3.8, 4) is 44.5 Å². The lowest BCUT2D eigenvalue weighted by atomic mass is 10.0. The van der Waals surface area contributed by atoms with Crippen molar-refractivity contribution >= 4 is 46.4 Å². The number of pyridine rings is 4. The summed E-state index contributed by atoms with van der Waals surface area (Å²) in [6.45, 7) is 0. The van der Waals surface area contributed by atoms with Crippen LogP contribution in [-0.4, -0.2) is 19.9 Å². The Labute approximate surface area is 318 Å². The first-order chi connectivity index (χ1) is 27.0. The van der Waals surface area contributed by atoms with Crippen molar-refractivity contribution in [3.05, 3.63) is 144 Å². The lowest BCUT2D eigenvalue weighted by molar-refractivity contribution is -0.673. The normalized spacial score (nSPS) is 12.1. The molecule has 8 nitrogen and oxygen atoms in total. The minimum atomic E-state index is -0.502. The summed E-state index contributed by atoms with van der Waals surface area (Å²) in [5.74, 6) is -1.95. The Hall–Kier alpha value is -7.08. The molecule has 0 fully saturated rings. The fourth-order valence-electron chi connectivity index (χ4n) is 7.40. The Morgan fingerprint density at radius 1 is 0.375 bits per heavy atom. The molecule has 2 aliphatic rings. The maximum absolute atomic E-state index is 16.0. The SMILES string of the molecule is C[n+]1ccc(-c2c3nc(c(-c4cc[n+](C)cc4F)c4ccc([nH]4)c(-c4cc[n+](C)cc4F)c4ccc([nH]4)c(-c4cc[n+](C)cc4F)c4nc2C=C4)C=C3)c(F)c1. The average Bonchev–Trinajstić information content (AvgIpc) is 3.99. The van der Waals surface area contributed by atoms with E-state index in [2.05, 4.69) is 9.97 Å². The van der Waals surface area contributed by atoms with E-state index in [0.717, 1.165) is 0 Å². The molecule has 0 saturated heterocycles. The molecule has 274 valence electrons. The first kappa shape index (κ1) is 34.7. The summed E-state index contributed by atoms with van der Waals surface area (Å²) in [6, 6.07) is 13.9. The van der Waals surface area contributed by atoms with Crippen LogP contribution in [0, 0.1) is 23.3 Å². The Morgan fingerprint density at radius 3 is 0.964 bits per heavy atom. The van der Waals surface area contributed by atoms with Gasteiger partial charge in [-0.05, 0) is 48.6 Å². The summed E-state index contributed by atoms with van der Waals surface area (Å²) in [4.78, 5) is 17.0. The molecule has 0 atom stereocenters. The number of nitrogens with one attached hydrogen (secondary N) is 2. The third-order valence-electron chi connectivity index (χ3n) is 10.0. The maximum Gasteiger partial charge on any atom is 0.205 e. The lowest BCUT2D eigenvalue weighted by Gasteiger charge is -2.07. The molecule has 8 bridgehead atoms. The standard InChI is InChI=1S/C44H33F4N8/c1-53-17-13-25(29(45)21-53)41-33-5-7-35(49-33)42(26-14-18-54(2)22-30(26)46)37-9-11-39(51-37)44(28-16-20-56(4)24-32(28)48)40-12-10-38(52-40)43(36-8-6-34(41)50-36)27-15-19-55(3)23-31(27)47/h5-24H,1-4H3,(H,49,50,51,52)/q+3/p+1. The molecular formula is C44H34F4N8+4. The quantitative estimate of drug-likeness (QED) is 0.148. The van der Waals surface area contributed by atoms with E-state index >= 15 is 17.6 Å². The van der Waals surface area contributed by atoms with E-state index in [1.807, 2.05) is 12.1 Å². The molecule has 7 aromatic heterocycles. The molecule has 0 amide bonds. The number of hydrogen-bond donors (Lipinski definition) is 2. The second kappa shape index (κ2) is 13.3. The van der Waals surface area contributed by atoms with Crippen molar-refractivity contribution in [2.75, 3.05) is 0 Å². The summed E-state index contributed by atoms with van der Waals surface area (Å²) in [5.41, 5.74) is 6.54. The zero-order valence-electron chi connectivity index (χ0n) is 30.7. The van der Waals surface area contributed by atoms with Gasteiger partial charge in [0.2, 0.25) is 24.8 Å². The molecule has 12 heteroatoms. The first-order valence-electron chi connectivity index (χ1n) is 17.8. The van der Waals surface area contributed by atoms with Gasteiger partial charge in [-0.1, -0.05) is 0 Å². The minimum Gasteiger partial charge on any atom is -0.354 e. The number of hydrogen-bond acceptors (Lipinski definition) is 2. The predicted molar refractivity (Wildman–Crippen MR) is 205 cm³/mol. The zero-order chi connectivity index (χ0) is 38.8. The monoisotopic (exact) mass is 750 g/mol. The molecule has 9 heterocycles. The smallest absolute Gasteiger partial charge is 0.205 e. The van der Waals surface area contributed by atoms with Crippen molar-refractivity contribution in [3.63, 3.8) is 0 Å². The van der Waals surface area contributed by atoms with E-state index in [-0.39, 0.29) is 16.7 Å². The molecular weight excluding hydrogens is 717 g/mol. The lowest BCUT2D eigenvalue weighted by Crippen LogP contribution is -2.27. The van der Waals surface area contributed by atoms with Gasteiger partial charge in [-0.3, -0.25) is 0 Å². The van der Waals surface area contributed by atoms with E-state index in [4.69, 9.17) is 9.97 Å². The van der Waals surface area contributed by atoms with Gasteiger partial charge in [0.25, 0.3) is 0 Å². The highest BCUT2D eigenvalue weighted by Gasteiger charge is 2.24. The highest BCUT2D eigenvalue weighted by atomic mass is 19.1. The Balaban J connectivity index is 1.50. The van der Waals surface area contributed by atoms with Gasteiger partial charge in [0.05, 0.1) is 22.8 Å². The number of aromatic nitrogens is 8. The Kier molecular flexibility index (Phi) is 8.26. The summed E-state index contributed by atoms with van der Waals surface area (Å²) >= 11 is 0. The molecule has 56 heavy (non-hydrogen) atoms. The van der Waals surface area contributed by atoms with Crippen LogP contribution >= 0.6 is 0 Å². The topological polar surface area (TPSA) is 72.9 Å². The van der Waals surface area contributed by atoms with Gasteiger partial charge < -0.3 is 9.97 Å². The van der Waals surface area contributed by atoms with Crippen molar-refractivity contribution < 1.29 is 35.8 Å². The number of nitrogens with zero attached hydrogens (tertiary/aromatic N) is 6. The summed E-state index contributed by atoms with van der Waals surface area (Å²) in [6.07, 6.45) is 19.5. The van der Waals surface area contributed by atoms with Gasteiger partial charge in [-0.15, -0.1) is 0 Å². The highest BCUT2D eigenvalue weighted by molar-refractivity contribution is 6.00. The van der Waals surface area contributed by atoms with Crippen molar-refractivity contribution in [2.45, 2.75) is 0 Å². The van der Waals surface area contributed by atoms with Gasteiger partial charge in [0, 0.05) is 90.8 Å². The summed E-state index contributed by atoms with van der Waals surface area (Å²) < 4.78 is 70.4. The van der Waals surface area contributed by atoms with E-state index in [0.29, 0.717) is 72.7 Å². The number of halogens is 4. The Morgan fingerprint density at radius 2 is 0.643 bits per heavy atom. The molecule has 0 spiro atoms. The van der Waals surface area contributed by atoms with Gasteiger partial charge >= 0.3 is 0 Å². The van der Waals surface area contributed by atoms with Crippen molar-refractivity contribution in [2.24, 2.45) is 28.2 Å². The van der Waals surface area contributed by atoms with Crippen LogP contribution in [0.1, 0.15) is 22.8 Å². The molecule has 2 N–H and O–H groups in total. The van der Waals surface area contributed by atoms with Gasteiger partial charge in [-0.25, -0.2) is 28.2 Å². The molecule has 9 rings (SSSR count). The molecule has 0 saturated carbocycles. The van der Waals surface area contributed by atoms with Gasteiger partial charge in [0.15, 0.2) is 48.1 Å². The van der Waals surface area contributed by atoms with Crippen LogP contribution in [0.2, 0.25) is 0 Å². The zero-order valence-corrected chi connectivity index (χ0v) is 30.7. The van der Waals surface area contributed by atoms with Crippen LogP contribution in [-0.2, 0) is 28.2 Å². The summed E-state index contributed by atoms with van der Waals surface area (Å²) in [7, 11) is 6.92. The third-order valence-corrected chi connectivity index (χ3v) is 10.0. The van der Waals surface area contributed by atoms with Crippen LogP contribution in [0.5, 0.6) is 0 Å². The van der Waals surface area contributed by atoms with Crippen LogP contribution in [0.4, 0.5) is 17.6 Å². The van der Waals surface area contributed by atoms with Gasteiger partial charge in [0.1, 0.15) is 28.2 Å². The molecule has 0 aromatic carbocycles. The second-order valence-electron chi connectivity index (χ2n) is 14.0. The van der Waals surface area contributed by atoms with Crippen LogP contribution in [0.3, 0.4) is 0 Å². The highest BCUT2D eigenvalue weighted by Crippen LogP contribution is 2.39. The molecule has 7 aromatic rings. The van der Waals surface area contributed by atoms with E-state index in [9.17, 15) is 0 Å². The van der Waals surface area contributed by atoms with Gasteiger partial charge in [-0.2, -0.15) is 17.6 Å². The largest absolute Gasteiger partial charge is 0.354 e. The number of rotatable bonds is 4. The first-order valence-corrected chi connectivity index (χ1v) is 17.8. The number of aromatic amines is 2. The molecule has 0 aliphatic carbocycles.